The summed E-state index contributed by atoms with van der Waals surface area (Å²) in [5, 5.41) is 10.4. The zero-order valence-electron chi connectivity index (χ0n) is 47.5. The summed E-state index contributed by atoms with van der Waals surface area (Å²) >= 11 is 0. The number of aliphatic hydroxyl groups is 1. The average Bonchev–Trinajstić information content (AvgIpc) is 3.38. The summed E-state index contributed by atoms with van der Waals surface area (Å²) in [4.78, 5) is 71.3. The summed E-state index contributed by atoms with van der Waals surface area (Å²) in [6.45, 7) is 4.66. The molecule has 19 heteroatoms. The van der Waals surface area contributed by atoms with Crippen LogP contribution < -0.4 is 0 Å². The highest BCUT2D eigenvalue weighted by Crippen LogP contribution is 2.45. The molecule has 0 aromatic heterocycles. The van der Waals surface area contributed by atoms with Gasteiger partial charge in [-0.15, -0.1) is 0 Å². The van der Waals surface area contributed by atoms with E-state index >= 15 is 0 Å². The van der Waals surface area contributed by atoms with Gasteiger partial charge in [-0.25, -0.2) is 9.13 Å². The van der Waals surface area contributed by atoms with Gasteiger partial charge in [-0.1, -0.05) is 227 Å². The molecular weight excluding hydrogens is 1010 g/mol. The molecule has 0 saturated heterocycles. The van der Waals surface area contributed by atoms with Gasteiger partial charge in [-0.2, -0.15) is 0 Å². The average molecular weight is 1120 g/mol. The number of carbonyl (C=O) groups excluding carboxylic acids is 4. The first kappa shape index (κ1) is 73.1. The van der Waals surface area contributed by atoms with Gasteiger partial charge < -0.3 is 33.8 Å². The minimum Gasteiger partial charge on any atom is -0.462 e. The van der Waals surface area contributed by atoms with Crippen molar-refractivity contribution in [3.05, 3.63) is 0 Å². The summed E-state index contributed by atoms with van der Waals surface area (Å²) in [7, 11) is -9.85. The number of esters is 4. The molecule has 0 aliphatic carbocycles. The normalized spacial score (nSPS) is 14.4. The van der Waals surface area contributed by atoms with E-state index in [2.05, 4.69) is 27.7 Å². The molecule has 444 valence electrons. The van der Waals surface area contributed by atoms with E-state index in [-0.39, 0.29) is 25.7 Å². The smallest absolute Gasteiger partial charge is 0.462 e. The van der Waals surface area contributed by atoms with E-state index < -0.39 is 97.5 Å². The Balaban J connectivity index is 5.09. The molecule has 0 radical (unpaired) electrons. The molecule has 3 N–H and O–H groups in total. The van der Waals surface area contributed by atoms with Crippen molar-refractivity contribution in [3.63, 3.8) is 0 Å². The predicted molar refractivity (Wildman–Crippen MR) is 294 cm³/mol. The van der Waals surface area contributed by atoms with Crippen molar-refractivity contribution in [1.82, 2.24) is 0 Å². The second kappa shape index (κ2) is 51.5. The monoisotopic (exact) mass is 1110 g/mol. The summed E-state index contributed by atoms with van der Waals surface area (Å²) in [5.74, 6) is -2.16. The molecule has 0 aliphatic heterocycles. The number of hydrogen-bond acceptors (Lipinski definition) is 15. The second-order valence-corrected chi connectivity index (χ2v) is 23.2. The predicted octanol–water partition coefficient (Wildman–Crippen LogP) is 14.8. The van der Waals surface area contributed by atoms with Gasteiger partial charge in [0.05, 0.1) is 26.4 Å². The van der Waals surface area contributed by atoms with E-state index in [1.165, 1.54) is 77.0 Å². The van der Waals surface area contributed by atoms with Crippen LogP contribution in [0.5, 0.6) is 0 Å². The number of rotatable bonds is 57. The standard InChI is InChI=1S/C56H108O17P2/c1-5-9-13-17-20-21-22-23-24-25-26-27-28-31-35-39-43-56(61)73-52(47-67-54(59)41-37-33-29-18-14-10-6-2)49-71-75(64,65)69-45-50(57)44-68-74(62,63)70-48-51(46-66-53(58)40-36-32-16-12-8-4)72-55(60)42-38-34-30-19-15-11-7-3/h50-52,57H,5-49H2,1-4H3,(H,62,63)(H,64,65)/t50-,51+,52+/m0/s1. The van der Waals surface area contributed by atoms with E-state index in [1.54, 1.807) is 0 Å². The molecule has 5 atom stereocenters. The van der Waals surface area contributed by atoms with Gasteiger partial charge in [-0.3, -0.25) is 37.3 Å². The number of phosphoric acid groups is 2. The minimum atomic E-state index is -4.93. The fourth-order valence-corrected chi connectivity index (χ4v) is 9.80. The van der Waals surface area contributed by atoms with E-state index in [0.717, 1.165) is 122 Å². The lowest BCUT2D eigenvalue weighted by atomic mass is 10.0. The van der Waals surface area contributed by atoms with Crippen molar-refractivity contribution in [1.29, 1.82) is 0 Å². The lowest BCUT2D eigenvalue weighted by Crippen LogP contribution is -2.30. The third-order valence-electron chi connectivity index (χ3n) is 12.9. The van der Waals surface area contributed by atoms with Crippen LogP contribution in [0.2, 0.25) is 0 Å². The zero-order chi connectivity index (χ0) is 55.5. The van der Waals surface area contributed by atoms with Crippen LogP contribution >= 0.6 is 15.6 Å². The SMILES string of the molecule is CCCCCCCCCCCCCCCCCCC(=O)O[C@H](COC(=O)CCCCCCCCC)COP(=O)(O)OC[C@@H](O)COP(=O)(O)OC[C@@H](COC(=O)CCCCCCC)OC(=O)CCCCCCCCC. The number of ether oxygens (including phenoxy) is 4. The molecule has 0 bridgehead atoms. The van der Waals surface area contributed by atoms with Crippen LogP contribution in [0.25, 0.3) is 0 Å². The van der Waals surface area contributed by atoms with Crippen LogP contribution in [0.15, 0.2) is 0 Å². The van der Waals surface area contributed by atoms with E-state index in [4.69, 9.17) is 37.0 Å². The first-order chi connectivity index (χ1) is 36.2. The maximum Gasteiger partial charge on any atom is 0.472 e. The first-order valence-electron chi connectivity index (χ1n) is 29.8. The quantitative estimate of drug-likeness (QED) is 0.0222. The molecule has 0 saturated carbocycles. The topological polar surface area (TPSA) is 237 Å². The van der Waals surface area contributed by atoms with Crippen LogP contribution in [0.4, 0.5) is 0 Å². The van der Waals surface area contributed by atoms with Crippen LogP contribution in [0.1, 0.15) is 278 Å². The molecule has 2 unspecified atom stereocenters. The number of carbonyl (C=O) groups is 4. The molecule has 0 heterocycles. The van der Waals surface area contributed by atoms with Crippen LogP contribution in [0.3, 0.4) is 0 Å². The molecule has 75 heavy (non-hydrogen) atoms. The largest absolute Gasteiger partial charge is 0.472 e. The molecule has 0 fully saturated rings. The fourth-order valence-electron chi connectivity index (χ4n) is 8.22. The highest BCUT2D eigenvalue weighted by Gasteiger charge is 2.30. The third kappa shape index (κ3) is 51.3. The Morgan fingerprint density at radius 2 is 0.533 bits per heavy atom. The van der Waals surface area contributed by atoms with Gasteiger partial charge >= 0.3 is 39.5 Å². The Morgan fingerprint density at radius 1 is 0.320 bits per heavy atom. The third-order valence-corrected chi connectivity index (χ3v) is 14.8. The van der Waals surface area contributed by atoms with Gasteiger partial charge in [0.1, 0.15) is 19.3 Å². The van der Waals surface area contributed by atoms with Crippen molar-refractivity contribution >= 4 is 39.5 Å². The van der Waals surface area contributed by atoms with Gasteiger partial charge in [-0.05, 0) is 25.7 Å². The van der Waals surface area contributed by atoms with Crippen LogP contribution in [0, 0.1) is 0 Å². The minimum absolute atomic E-state index is 0.103. The Labute approximate surface area is 454 Å². The van der Waals surface area contributed by atoms with Crippen molar-refractivity contribution in [3.8, 4) is 0 Å². The number of hydrogen-bond donors (Lipinski definition) is 3. The number of phosphoric ester groups is 2. The molecule has 0 rings (SSSR count). The van der Waals surface area contributed by atoms with Crippen LogP contribution in [-0.4, -0.2) is 96.7 Å². The van der Waals surface area contributed by atoms with Crippen molar-refractivity contribution < 1.29 is 80.2 Å². The van der Waals surface area contributed by atoms with Crippen molar-refractivity contribution in [2.45, 2.75) is 296 Å². The first-order valence-corrected chi connectivity index (χ1v) is 32.8. The zero-order valence-corrected chi connectivity index (χ0v) is 49.3. The number of unbranched alkanes of at least 4 members (excludes halogenated alkanes) is 31. The number of aliphatic hydroxyl groups excluding tert-OH is 1. The summed E-state index contributed by atoms with van der Waals surface area (Å²) in [5.41, 5.74) is 0. The highest BCUT2D eigenvalue weighted by molar-refractivity contribution is 7.47. The molecule has 17 nitrogen and oxygen atoms in total. The van der Waals surface area contributed by atoms with E-state index in [9.17, 15) is 43.2 Å². The van der Waals surface area contributed by atoms with Gasteiger partial charge in [0, 0.05) is 25.7 Å². The molecule has 0 aromatic carbocycles. The van der Waals surface area contributed by atoms with E-state index in [1.807, 2.05) is 0 Å². The maximum atomic E-state index is 12.9. The summed E-state index contributed by atoms with van der Waals surface area (Å²) < 4.78 is 67.3. The summed E-state index contributed by atoms with van der Waals surface area (Å²) in [6.07, 6.45) is 34.1. The van der Waals surface area contributed by atoms with Gasteiger partial charge in [0.15, 0.2) is 12.2 Å². The molecule has 0 aliphatic rings. The molecule has 0 aromatic rings. The van der Waals surface area contributed by atoms with Gasteiger partial charge in [0.2, 0.25) is 0 Å². The second-order valence-electron chi connectivity index (χ2n) is 20.3. The maximum absolute atomic E-state index is 12.9. The summed E-state index contributed by atoms with van der Waals surface area (Å²) in [6, 6.07) is 0. The Morgan fingerprint density at radius 3 is 0.787 bits per heavy atom. The van der Waals surface area contributed by atoms with Crippen LogP contribution in [-0.2, 0) is 65.4 Å². The Kier molecular flexibility index (Phi) is 50.2. The van der Waals surface area contributed by atoms with Crippen molar-refractivity contribution in [2.24, 2.45) is 0 Å². The molecule has 0 amide bonds. The Hall–Kier alpha value is -1.94. The highest BCUT2D eigenvalue weighted by atomic mass is 31.2. The Bertz CT molecular complexity index is 1470. The molecule has 0 spiro atoms. The molecular formula is C56H108O17P2. The van der Waals surface area contributed by atoms with E-state index in [0.29, 0.717) is 25.7 Å². The fraction of sp³-hybridized carbons (Fsp3) is 0.929. The van der Waals surface area contributed by atoms with Gasteiger partial charge in [0.25, 0.3) is 0 Å². The lowest BCUT2D eigenvalue weighted by molar-refractivity contribution is -0.161. The van der Waals surface area contributed by atoms with Crippen molar-refractivity contribution in [2.75, 3.05) is 39.6 Å². The lowest BCUT2D eigenvalue weighted by Gasteiger charge is -2.21.